The Morgan fingerprint density at radius 3 is 2.19 bits per heavy atom. The van der Waals surface area contributed by atoms with Crippen LogP contribution in [0.25, 0.3) is 0 Å². The van der Waals surface area contributed by atoms with Crippen molar-refractivity contribution >= 4 is 12.1 Å². The van der Waals surface area contributed by atoms with Crippen LogP contribution >= 0.6 is 0 Å². The minimum Gasteiger partial charge on any atom is -0.330 e. The van der Waals surface area contributed by atoms with Crippen molar-refractivity contribution in [2.45, 2.75) is 13.5 Å². The fourth-order valence-corrected chi connectivity index (χ4v) is 1.46. The normalized spacial score (nSPS) is 11.6. The van der Waals surface area contributed by atoms with Crippen LogP contribution in [0.3, 0.4) is 0 Å². The quantitative estimate of drug-likeness (QED) is 0.281. The van der Waals surface area contributed by atoms with E-state index in [9.17, 15) is 22.4 Å². The van der Waals surface area contributed by atoms with Crippen molar-refractivity contribution in [1.29, 1.82) is 0 Å². The van der Waals surface area contributed by atoms with Gasteiger partial charge in [0.15, 0.2) is 12.1 Å². The molecule has 0 saturated heterocycles. The standard InChI is InChI=1S/C13H13F3N2O.CH3F/c1-9(17-2)18(7-13(16)8-19)6-10-3-11(14)5-12(15)4-10;1-2/h3-5,7-8H,6H2,1-2H3;1H3/b13-7+,17-9?;. The summed E-state index contributed by atoms with van der Waals surface area (Å²) in [6, 6.07) is 3.01. The number of aliphatic imine (C=N–C) groups is 1. The molecule has 0 N–H and O–H groups in total. The van der Waals surface area contributed by atoms with Gasteiger partial charge in [-0.25, -0.2) is 13.2 Å². The van der Waals surface area contributed by atoms with E-state index in [1.165, 1.54) is 11.9 Å². The number of hydrogen-bond donors (Lipinski definition) is 0. The van der Waals surface area contributed by atoms with Gasteiger partial charge in [-0.15, -0.1) is 0 Å². The molecule has 1 aromatic carbocycles. The van der Waals surface area contributed by atoms with E-state index in [0.717, 1.165) is 24.4 Å². The van der Waals surface area contributed by atoms with E-state index >= 15 is 0 Å². The maximum atomic E-state index is 13.1. The summed E-state index contributed by atoms with van der Waals surface area (Å²) in [5, 5.41) is 0. The summed E-state index contributed by atoms with van der Waals surface area (Å²) in [6.45, 7) is 1.59. The van der Waals surface area contributed by atoms with Crippen LogP contribution in [0.2, 0.25) is 0 Å². The average Bonchev–Trinajstić information content (AvgIpc) is 2.46. The Labute approximate surface area is 120 Å². The van der Waals surface area contributed by atoms with Gasteiger partial charge in [-0.3, -0.25) is 14.2 Å². The highest BCUT2D eigenvalue weighted by Gasteiger charge is 2.09. The Hall–Kier alpha value is -2.18. The second kappa shape index (κ2) is 9.68. The molecule has 0 atom stereocenters. The van der Waals surface area contributed by atoms with Crippen LogP contribution in [-0.2, 0) is 11.3 Å². The minimum atomic E-state index is -1.00. The summed E-state index contributed by atoms with van der Waals surface area (Å²) in [5.41, 5.74) is 0.301. The first kappa shape index (κ1) is 18.8. The fraction of sp³-hybridized carbons (Fsp3) is 0.286. The first-order chi connectivity index (χ1) is 9.96. The Bertz CT molecular complexity index is 509. The average molecular weight is 304 g/mol. The van der Waals surface area contributed by atoms with E-state index < -0.39 is 17.5 Å². The predicted octanol–water partition coefficient (Wildman–Crippen LogP) is 3.41. The van der Waals surface area contributed by atoms with Gasteiger partial charge in [0.05, 0.1) is 13.0 Å². The second-order valence-corrected chi connectivity index (χ2v) is 3.81. The summed E-state index contributed by atoms with van der Waals surface area (Å²) in [7, 11) is 1.99. The number of alkyl halides is 1. The van der Waals surface area contributed by atoms with E-state index in [1.807, 2.05) is 0 Å². The van der Waals surface area contributed by atoms with Crippen LogP contribution in [0.15, 0.2) is 35.2 Å². The van der Waals surface area contributed by atoms with Crippen molar-refractivity contribution in [2.75, 3.05) is 14.2 Å². The van der Waals surface area contributed by atoms with Crippen LogP contribution in [0.1, 0.15) is 12.5 Å². The van der Waals surface area contributed by atoms with Crippen molar-refractivity contribution < 1.29 is 22.4 Å². The highest BCUT2D eigenvalue weighted by Crippen LogP contribution is 2.12. The van der Waals surface area contributed by atoms with Gasteiger partial charge in [-0.2, -0.15) is 0 Å². The molecule has 0 spiro atoms. The van der Waals surface area contributed by atoms with Gasteiger partial charge in [0.2, 0.25) is 0 Å². The SMILES string of the molecule is CF.CN=C(C)N(/C=C(/F)C=O)Cc1cc(F)cc(F)c1. The zero-order chi connectivity index (χ0) is 16.4. The monoisotopic (exact) mass is 304 g/mol. The molecule has 0 radical (unpaired) electrons. The van der Waals surface area contributed by atoms with Gasteiger partial charge in [0.1, 0.15) is 11.6 Å². The summed E-state index contributed by atoms with van der Waals surface area (Å²) < 4.78 is 48.6. The number of benzene rings is 1. The van der Waals surface area contributed by atoms with Crippen molar-refractivity contribution in [1.82, 2.24) is 4.90 Å². The molecule has 1 aromatic rings. The van der Waals surface area contributed by atoms with Gasteiger partial charge in [-0.1, -0.05) is 0 Å². The first-order valence-electron chi connectivity index (χ1n) is 5.81. The number of carbonyl (C=O) groups excluding carboxylic acids is 1. The van der Waals surface area contributed by atoms with Crippen LogP contribution in [0.4, 0.5) is 17.6 Å². The molecule has 0 aliphatic rings. The highest BCUT2D eigenvalue weighted by molar-refractivity contribution is 5.81. The minimum absolute atomic E-state index is 0.000880. The lowest BCUT2D eigenvalue weighted by molar-refractivity contribution is -0.106. The Kier molecular flexibility index (Phi) is 8.68. The van der Waals surface area contributed by atoms with E-state index in [1.54, 1.807) is 6.92 Å². The third kappa shape index (κ3) is 6.69. The van der Waals surface area contributed by atoms with Crippen molar-refractivity contribution in [3.8, 4) is 0 Å². The lowest BCUT2D eigenvalue weighted by Crippen LogP contribution is -2.23. The number of rotatable bonds is 4. The summed E-state index contributed by atoms with van der Waals surface area (Å²) >= 11 is 0. The summed E-state index contributed by atoms with van der Waals surface area (Å²) in [4.78, 5) is 15.4. The lowest BCUT2D eigenvalue weighted by Gasteiger charge is -2.19. The number of carbonyl (C=O) groups is 1. The van der Waals surface area contributed by atoms with Crippen LogP contribution < -0.4 is 0 Å². The smallest absolute Gasteiger partial charge is 0.179 e. The van der Waals surface area contributed by atoms with Gasteiger partial charge in [0.25, 0.3) is 0 Å². The van der Waals surface area contributed by atoms with Crippen LogP contribution in [0.5, 0.6) is 0 Å². The van der Waals surface area contributed by atoms with Gasteiger partial charge in [0, 0.05) is 25.9 Å². The van der Waals surface area contributed by atoms with Crippen molar-refractivity contribution in [3.05, 3.63) is 47.4 Å². The molecule has 7 heteroatoms. The van der Waals surface area contributed by atoms with E-state index in [0.29, 0.717) is 18.6 Å². The molecular weight excluding hydrogens is 288 g/mol. The van der Waals surface area contributed by atoms with E-state index in [4.69, 9.17) is 0 Å². The zero-order valence-electron chi connectivity index (χ0n) is 11.9. The molecule has 0 unspecified atom stereocenters. The topological polar surface area (TPSA) is 32.7 Å². The zero-order valence-corrected chi connectivity index (χ0v) is 11.9. The molecule has 0 amide bonds. The summed E-state index contributed by atoms with van der Waals surface area (Å²) in [5.74, 6) is -2.04. The first-order valence-corrected chi connectivity index (χ1v) is 5.81. The second-order valence-electron chi connectivity index (χ2n) is 3.81. The molecule has 21 heavy (non-hydrogen) atoms. The number of nitrogens with zero attached hydrogens (tertiary/aromatic N) is 2. The Morgan fingerprint density at radius 2 is 1.76 bits per heavy atom. The molecule has 0 aliphatic carbocycles. The number of aldehydes is 1. The van der Waals surface area contributed by atoms with Crippen LogP contribution in [-0.4, -0.2) is 31.2 Å². The molecule has 0 fully saturated rings. The van der Waals surface area contributed by atoms with Crippen molar-refractivity contribution in [2.24, 2.45) is 4.99 Å². The van der Waals surface area contributed by atoms with E-state index in [-0.39, 0.29) is 12.8 Å². The fourth-order valence-electron chi connectivity index (χ4n) is 1.46. The largest absolute Gasteiger partial charge is 0.330 e. The predicted molar refractivity (Wildman–Crippen MR) is 73.2 cm³/mol. The maximum Gasteiger partial charge on any atom is 0.179 e. The van der Waals surface area contributed by atoms with Gasteiger partial charge < -0.3 is 4.90 Å². The Balaban J connectivity index is 0.00000191. The number of hydrogen-bond acceptors (Lipinski definition) is 2. The molecule has 0 saturated carbocycles. The molecular formula is C14H16F4N2O. The molecule has 3 nitrogen and oxygen atoms in total. The molecule has 0 bridgehead atoms. The molecule has 0 heterocycles. The van der Waals surface area contributed by atoms with E-state index in [2.05, 4.69) is 4.99 Å². The molecule has 116 valence electrons. The number of allylic oxidation sites excluding steroid dienone is 1. The van der Waals surface area contributed by atoms with Crippen LogP contribution in [0, 0.1) is 11.6 Å². The molecule has 0 aromatic heterocycles. The third-order valence-corrected chi connectivity index (χ3v) is 2.41. The Morgan fingerprint density at radius 1 is 1.24 bits per heavy atom. The maximum absolute atomic E-state index is 13.1. The summed E-state index contributed by atoms with van der Waals surface area (Å²) in [6.07, 6.45) is 0.972. The molecule has 1 rings (SSSR count). The van der Waals surface area contributed by atoms with Gasteiger partial charge >= 0.3 is 0 Å². The van der Waals surface area contributed by atoms with Gasteiger partial charge in [-0.05, 0) is 24.6 Å². The van der Waals surface area contributed by atoms with Crippen molar-refractivity contribution in [3.63, 3.8) is 0 Å². The number of amidine groups is 1. The number of halogens is 4. The highest BCUT2D eigenvalue weighted by atomic mass is 19.1. The molecule has 0 aliphatic heterocycles. The lowest BCUT2D eigenvalue weighted by atomic mass is 10.2. The third-order valence-electron chi connectivity index (χ3n) is 2.41.